The fraction of sp³-hybridized carbons (Fsp3) is 0.632. The zero-order valence-corrected chi connectivity index (χ0v) is 20.4. The Hall–Kier alpha value is -1.12. The van der Waals surface area contributed by atoms with Gasteiger partial charge in [0.15, 0.2) is 5.96 Å². The summed E-state index contributed by atoms with van der Waals surface area (Å²) in [6.07, 6.45) is -4.28. The van der Waals surface area contributed by atoms with Gasteiger partial charge in [-0.1, -0.05) is 12.1 Å². The third kappa shape index (κ3) is 6.93. The molecule has 2 aliphatic rings. The Labute approximate surface area is 198 Å². The van der Waals surface area contributed by atoms with E-state index in [1.807, 2.05) is 11.8 Å². The predicted octanol–water partition coefficient (Wildman–Crippen LogP) is 2.70. The van der Waals surface area contributed by atoms with Crippen molar-refractivity contribution in [2.45, 2.75) is 25.6 Å². The zero-order valence-electron chi connectivity index (χ0n) is 17.3. The van der Waals surface area contributed by atoms with Gasteiger partial charge >= 0.3 is 6.18 Å². The molecule has 176 valence electrons. The van der Waals surface area contributed by atoms with Gasteiger partial charge in [-0.2, -0.15) is 13.2 Å². The van der Waals surface area contributed by atoms with Gasteiger partial charge in [-0.3, -0.25) is 4.99 Å². The van der Waals surface area contributed by atoms with Crippen LogP contribution in [0.15, 0.2) is 29.3 Å². The van der Waals surface area contributed by atoms with E-state index in [2.05, 4.69) is 10.3 Å². The van der Waals surface area contributed by atoms with Crippen LogP contribution in [0.3, 0.4) is 0 Å². The number of sulfonamides is 1. The maximum Gasteiger partial charge on any atom is 0.416 e. The van der Waals surface area contributed by atoms with Gasteiger partial charge in [0.25, 0.3) is 0 Å². The Kier molecular flexibility index (Phi) is 9.40. The Morgan fingerprint density at radius 1 is 1.32 bits per heavy atom. The Balaban J connectivity index is 0.00000341. The van der Waals surface area contributed by atoms with E-state index in [1.165, 1.54) is 10.4 Å². The highest BCUT2D eigenvalue weighted by Crippen LogP contribution is 2.32. The number of halogens is 4. The van der Waals surface area contributed by atoms with Crippen LogP contribution >= 0.6 is 24.0 Å². The van der Waals surface area contributed by atoms with E-state index in [-0.39, 0.29) is 29.7 Å². The van der Waals surface area contributed by atoms with Crippen molar-refractivity contribution in [1.82, 2.24) is 14.5 Å². The zero-order chi connectivity index (χ0) is 21.8. The highest BCUT2D eigenvalue weighted by Gasteiger charge is 2.32. The maximum absolute atomic E-state index is 13.0. The number of aliphatic imine (C=N–C) groups is 1. The molecule has 2 aliphatic heterocycles. The number of hydrogen-bond donors (Lipinski definition) is 1. The molecule has 2 fully saturated rings. The van der Waals surface area contributed by atoms with E-state index in [9.17, 15) is 21.6 Å². The minimum absolute atomic E-state index is 0. The molecule has 2 heterocycles. The minimum Gasteiger partial charge on any atom is -0.370 e. The number of benzene rings is 1. The van der Waals surface area contributed by atoms with Crippen LogP contribution in [0.4, 0.5) is 13.2 Å². The van der Waals surface area contributed by atoms with Crippen LogP contribution in [-0.2, 0) is 20.9 Å². The van der Waals surface area contributed by atoms with Gasteiger partial charge in [0.05, 0.1) is 31.0 Å². The summed E-state index contributed by atoms with van der Waals surface area (Å²) in [7, 11) is -3.16. The summed E-state index contributed by atoms with van der Waals surface area (Å²) in [5, 5.41) is 3.18. The summed E-state index contributed by atoms with van der Waals surface area (Å²) in [4.78, 5) is 6.48. The Morgan fingerprint density at radius 2 is 2.10 bits per heavy atom. The number of guanidine groups is 1. The van der Waals surface area contributed by atoms with Crippen molar-refractivity contribution in [1.29, 1.82) is 0 Å². The molecule has 12 heteroatoms. The third-order valence-corrected chi connectivity index (χ3v) is 7.06. The normalized spacial score (nSPS) is 22.3. The van der Waals surface area contributed by atoms with Crippen LogP contribution in [0.1, 0.15) is 30.6 Å². The Morgan fingerprint density at radius 3 is 2.74 bits per heavy atom. The van der Waals surface area contributed by atoms with Crippen molar-refractivity contribution in [2.75, 3.05) is 51.6 Å². The number of morpholine rings is 1. The summed E-state index contributed by atoms with van der Waals surface area (Å²) in [5.74, 6) is 0.785. The van der Waals surface area contributed by atoms with Gasteiger partial charge in [0.2, 0.25) is 10.0 Å². The summed E-state index contributed by atoms with van der Waals surface area (Å²) in [6, 6.07) is 5.18. The van der Waals surface area contributed by atoms with E-state index in [4.69, 9.17) is 4.74 Å². The summed E-state index contributed by atoms with van der Waals surface area (Å²) in [5.41, 5.74) is -0.235. The fourth-order valence-corrected chi connectivity index (χ4v) is 5.11. The lowest BCUT2D eigenvalue weighted by atomic mass is 10.0. The molecule has 2 saturated heterocycles. The fourth-order valence-electron chi connectivity index (χ4n) is 3.59. The quantitative estimate of drug-likeness (QED) is 0.332. The lowest BCUT2D eigenvalue weighted by Gasteiger charge is -2.35. The molecule has 1 N–H and O–H groups in total. The average Bonchev–Trinajstić information content (AvgIpc) is 3.05. The van der Waals surface area contributed by atoms with Crippen LogP contribution in [0.2, 0.25) is 0 Å². The molecule has 1 unspecified atom stereocenters. The topological polar surface area (TPSA) is 74.2 Å². The summed E-state index contributed by atoms with van der Waals surface area (Å²) >= 11 is 0. The largest absolute Gasteiger partial charge is 0.416 e. The highest BCUT2D eigenvalue weighted by atomic mass is 127. The monoisotopic (exact) mass is 576 g/mol. The van der Waals surface area contributed by atoms with Gasteiger partial charge < -0.3 is 15.0 Å². The van der Waals surface area contributed by atoms with Gasteiger partial charge in [0.1, 0.15) is 6.10 Å². The van der Waals surface area contributed by atoms with Gasteiger partial charge in [-0.05, 0) is 31.0 Å². The van der Waals surface area contributed by atoms with Crippen molar-refractivity contribution < 1.29 is 26.3 Å². The predicted molar refractivity (Wildman–Crippen MR) is 123 cm³/mol. The molecule has 0 aliphatic carbocycles. The third-order valence-electron chi connectivity index (χ3n) is 5.10. The molecular formula is C19H28F3IN4O3S. The lowest BCUT2D eigenvalue weighted by molar-refractivity contribution is -0.137. The molecular weight excluding hydrogens is 548 g/mol. The Bertz CT molecular complexity index is 867. The van der Waals surface area contributed by atoms with Crippen LogP contribution in [-0.4, -0.2) is 75.2 Å². The number of rotatable bonds is 5. The molecule has 1 atom stereocenters. The van der Waals surface area contributed by atoms with E-state index in [0.29, 0.717) is 63.8 Å². The first-order valence-corrected chi connectivity index (χ1v) is 11.6. The smallest absolute Gasteiger partial charge is 0.370 e. The molecule has 3 rings (SSSR count). The van der Waals surface area contributed by atoms with Crippen LogP contribution in [0, 0.1) is 0 Å². The van der Waals surface area contributed by atoms with Crippen molar-refractivity contribution in [3.8, 4) is 0 Å². The molecule has 1 aromatic carbocycles. The second-order valence-electron chi connectivity index (χ2n) is 7.23. The van der Waals surface area contributed by atoms with Gasteiger partial charge in [-0.15, -0.1) is 24.0 Å². The molecule has 0 spiro atoms. The van der Waals surface area contributed by atoms with E-state index in [1.54, 1.807) is 6.07 Å². The molecule has 0 aromatic heterocycles. The van der Waals surface area contributed by atoms with E-state index in [0.717, 1.165) is 12.1 Å². The lowest BCUT2D eigenvalue weighted by Crippen LogP contribution is -2.48. The van der Waals surface area contributed by atoms with Crippen molar-refractivity contribution >= 4 is 40.0 Å². The molecule has 1 aromatic rings. The molecule has 0 saturated carbocycles. The van der Waals surface area contributed by atoms with Crippen LogP contribution < -0.4 is 5.32 Å². The van der Waals surface area contributed by atoms with E-state index >= 15 is 0 Å². The average molecular weight is 576 g/mol. The SMILES string of the molecule is CCNC(=NCCN1CCCS1(=O)=O)N1CCOC(c2cccc(C(F)(F)F)c2)C1.I. The minimum atomic E-state index is -4.41. The summed E-state index contributed by atoms with van der Waals surface area (Å²) < 4.78 is 70.1. The second-order valence-corrected chi connectivity index (χ2v) is 9.32. The highest BCUT2D eigenvalue weighted by molar-refractivity contribution is 14.0. The first-order valence-electron chi connectivity index (χ1n) is 10.0. The molecule has 7 nitrogen and oxygen atoms in total. The van der Waals surface area contributed by atoms with Gasteiger partial charge in [-0.25, -0.2) is 12.7 Å². The standard InChI is InChI=1S/C19H27F3N4O3S.HI/c1-2-23-18(24-7-9-26-8-4-12-30(26,27)28)25-10-11-29-17(14-25)15-5-3-6-16(13-15)19(20,21)22;/h3,5-6,13,17H,2,4,7-12,14H2,1H3,(H,23,24);1H. The van der Waals surface area contributed by atoms with Gasteiger partial charge in [0, 0.05) is 26.2 Å². The second kappa shape index (κ2) is 11.1. The van der Waals surface area contributed by atoms with Crippen molar-refractivity contribution in [3.05, 3.63) is 35.4 Å². The number of alkyl halides is 3. The van der Waals surface area contributed by atoms with Crippen molar-refractivity contribution in [3.63, 3.8) is 0 Å². The number of hydrogen-bond acceptors (Lipinski definition) is 4. The van der Waals surface area contributed by atoms with Crippen LogP contribution in [0.25, 0.3) is 0 Å². The maximum atomic E-state index is 13.0. The van der Waals surface area contributed by atoms with E-state index < -0.39 is 27.9 Å². The van der Waals surface area contributed by atoms with Crippen LogP contribution in [0.5, 0.6) is 0 Å². The molecule has 0 bridgehead atoms. The first-order chi connectivity index (χ1) is 14.2. The molecule has 0 radical (unpaired) electrons. The molecule has 0 amide bonds. The molecule has 31 heavy (non-hydrogen) atoms. The summed E-state index contributed by atoms with van der Waals surface area (Å²) in [6.45, 7) is 4.94. The number of nitrogens with one attached hydrogen (secondary N) is 1. The number of ether oxygens (including phenoxy) is 1. The van der Waals surface area contributed by atoms with Crippen molar-refractivity contribution in [2.24, 2.45) is 4.99 Å². The first kappa shape index (κ1) is 26.1. The number of nitrogens with zero attached hydrogens (tertiary/aromatic N) is 3.